The van der Waals surface area contributed by atoms with Crippen molar-refractivity contribution in [2.75, 3.05) is 19.6 Å². The number of piperidine rings is 1. The Morgan fingerprint density at radius 3 is 2.76 bits per heavy atom. The van der Waals surface area contributed by atoms with Gasteiger partial charge < -0.3 is 9.47 Å². The Kier molecular flexibility index (Phi) is 6.07. The van der Waals surface area contributed by atoms with Crippen LogP contribution in [0.1, 0.15) is 52.8 Å². The molecule has 3 aromatic rings. The van der Waals surface area contributed by atoms with Crippen molar-refractivity contribution in [2.24, 2.45) is 5.92 Å². The predicted octanol–water partition coefficient (Wildman–Crippen LogP) is 4.96. The lowest BCUT2D eigenvalue weighted by molar-refractivity contribution is 0.0697. The lowest BCUT2D eigenvalue weighted by Crippen LogP contribution is -2.37. The molecule has 5 nitrogen and oxygen atoms in total. The average Bonchev–Trinajstić information content (AvgIpc) is 3.12. The highest BCUT2D eigenvalue weighted by Gasteiger charge is 2.26. The fraction of sp³-hybridized carbons (Fsp3) is 0.429. The summed E-state index contributed by atoms with van der Waals surface area (Å²) >= 11 is 0. The van der Waals surface area contributed by atoms with Crippen molar-refractivity contribution < 1.29 is 4.79 Å². The molecule has 5 heteroatoms. The van der Waals surface area contributed by atoms with Crippen LogP contribution in [-0.4, -0.2) is 44.9 Å². The van der Waals surface area contributed by atoms with Crippen molar-refractivity contribution >= 4 is 16.8 Å². The van der Waals surface area contributed by atoms with Crippen molar-refractivity contribution in [3.05, 3.63) is 77.3 Å². The molecule has 0 unspecified atom stereocenters. The number of likely N-dealkylation sites (tertiary alicyclic amines) is 1. The zero-order chi connectivity index (χ0) is 22.9. The number of carbonyl (C=O) groups is 1. The third-order valence-corrected chi connectivity index (χ3v) is 7.29. The molecule has 1 fully saturated rings. The number of benzene rings is 1. The lowest BCUT2D eigenvalue weighted by Gasteiger charge is -2.30. The molecular formula is C28H34N4O. The van der Waals surface area contributed by atoms with Gasteiger partial charge in [-0.15, -0.1) is 6.58 Å². The van der Waals surface area contributed by atoms with Gasteiger partial charge in [-0.25, -0.2) is 0 Å². The van der Waals surface area contributed by atoms with Crippen molar-refractivity contribution in [3.63, 3.8) is 0 Å². The first kappa shape index (κ1) is 21.9. The second-order valence-corrected chi connectivity index (χ2v) is 9.76. The Balaban J connectivity index is 1.47. The van der Waals surface area contributed by atoms with Gasteiger partial charge in [0.2, 0.25) is 0 Å². The van der Waals surface area contributed by atoms with Crippen LogP contribution in [0.5, 0.6) is 0 Å². The first-order valence-corrected chi connectivity index (χ1v) is 12.2. The first-order chi connectivity index (χ1) is 16.0. The van der Waals surface area contributed by atoms with E-state index in [1.54, 1.807) is 0 Å². The third-order valence-electron chi connectivity index (χ3n) is 7.29. The molecule has 33 heavy (non-hydrogen) atoms. The van der Waals surface area contributed by atoms with Crippen LogP contribution in [0.4, 0.5) is 0 Å². The Hall–Kier alpha value is -2.92. The normalized spacial score (nSPS) is 17.3. The van der Waals surface area contributed by atoms with Crippen molar-refractivity contribution in [3.8, 4) is 0 Å². The molecule has 0 atom stereocenters. The van der Waals surface area contributed by atoms with Crippen LogP contribution in [0.25, 0.3) is 10.9 Å². The van der Waals surface area contributed by atoms with Crippen LogP contribution in [-0.2, 0) is 26.1 Å². The quantitative estimate of drug-likeness (QED) is 0.525. The van der Waals surface area contributed by atoms with Gasteiger partial charge in [-0.2, -0.15) is 0 Å². The molecule has 1 amide bonds. The summed E-state index contributed by atoms with van der Waals surface area (Å²) in [5.74, 6) is 0.885. The van der Waals surface area contributed by atoms with E-state index in [0.29, 0.717) is 5.92 Å². The fourth-order valence-electron chi connectivity index (χ4n) is 5.42. The van der Waals surface area contributed by atoms with Gasteiger partial charge in [0.05, 0.1) is 5.69 Å². The maximum Gasteiger partial charge on any atom is 0.253 e. The van der Waals surface area contributed by atoms with Crippen LogP contribution in [0.15, 0.2) is 49.1 Å². The van der Waals surface area contributed by atoms with Crippen molar-refractivity contribution in [1.29, 1.82) is 0 Å². The second-order valence-electron chi connectivity index (χ2n) is 9.76. The number of rotatable bonds is 5. The minimum Gasteiger partial charge on any atom is -0.340 e. The van der Waals surface area contributed by atoms with E-state index in [2.05, 4.69) is 47.2 Å². The molecule has 0 radical (unpaired) electrons. The van der Waals surface area contributed by atoms with Gasteiger partial charge in [0, 0.05) is 73.5 Å². The maximum atomic E-state index is 13.3. The third kappa shape index (κ3) is 4.34. The van der Waals surface area contributed by atoms with Gasteiger partial charge in [0.1, 0.15) is 0 Å². The predicted molar refractivity (Wildman–Crippen MR) is 133 cm³/mol. The monoisotopic (exact) mass is 442 g/mol. The molecule has 1 saturated heterocycles. The molecule has 1 aromatic carbocycles. The first-order valence-electron chi connectivity index (χ1n) is 12.2. The van der Waals surface area contributed by atoms with E-state index in [-0.39, 0.29) is 5.91 Å². The molecule has 4 heterocycles. The summed E-state index contributed by atoms with van der Waals surface area (Å²) in [6.07, 6.45) is 5.16. The highest BCUT2D eigenvalue weighted by Crippen LogP contribution is 2.33. The summed E-state index contributed by atoms with van der Waals surface area (Å²) in [6, 6.07) is 12.5. The highest BCUT2D eigenvalue weighted by molar-refractivity contribution is 5.99. The molecule has 0 N–H and O–H groups in total. The molecule has 0 bridgehead atoms. The van der Waals surface area contributed by atoms with Gasteiger partial charge in [-0.1, -0.05) is 19.1 Å². The summed E-state index contributed by atoms with van der Waals surface area (Å²) in [5.41, 5.74) is 6.93. The number of amides is 1. The summed E-state index contributed by atoms with van der Waals surface area (Å²) in [4.78, 5) is 22.5. The number of hydrogen-bond acceptors (Lipinski definition) is 3. The second kappa shape index (κ2) is 9.14. The molecule has 172 valence electrons. The summed E-state index contributed by atoms with van der Waals surface area (Å²) in [5, 5.41) is 1.21. The smallest absolute Gasteiger partial charge is 0.253 e. The van der Waals surface area contributed by atoms with Crippen LogP contribution in [0.2, 0.25) is 0 Å². The van der Waals surface area contributed by atoms with Gasteiger partial charge >= 0.3 is 0 Å². The Bertz CT molecular complexity index is 1190. The molecule has 5 rings (SSSR count). The van der Waals surface area contributed by atoms with Gasteiger partial charge in [0.25, 0.3) is 5.91 Å². The topological polar surface area (TPSA) is 41.4 Å². The summed E-state index contributed by atoms with van der Waals surface area (Å²) < 4.78 is 2.39. The molecular weight excluding hydrogens is 408 g/mol. The fourth-order valence-corrected chi connectivity index (χ4v) is 5.42. The molecule has 0 saturated carbocycles. The number of aryl methyl sites for hydroxylation is 1. The number of nitrogens with zero attached hydrogens (tertiary/aromatic N) is 4. The number of fused-ring (bicyclic) bond motifs is 3. The van der Waals surface area contributed by atoms with Gasteiger partial charge in [-0.05, 0) is 61.6 Å². The Morgan fingerprint density at radius 1 is 1.18 bits per heavy atom. The van der Waals surface area contributed by atoms with Crippen LogP contribution in [0.3, 0.4) is 0 Å². The van der Waals surface area contributed by atoms with E-state index in [1.165, 1.54) is 22.2 Å². The summed E-state index contributed by atoms with van der Waals surface area (Å²) in [6.45, 7) is 13.6. The van der Waals surface area contributed by atoms with Gasteiger partial charge in [-0.3, -0.25) is 14.7 Å². The molecule has 0 spiro atoms. The minimum atomic E-state index is 0.172. The Labute approximate surface area is 196 Å². The SMILES string of the molecule is C=CCn1c2c(c3cc(C(=O)N4CCC(C)CC4)ccc31)CN(Cc1cccc(C)n1)CC2. The van der Waals surface area contributed by atoms with E-state index in [4.69, 9.17) is 4.98 Å². The maximum absolute atomic E-state index is 13.3. The van der Waals surface area contributed by atoms with Crippen molar-refractivity contribution in [2.45, 2.75) is 52.7 Å². The average molecular weight is 443 g/mol. The van der Waals surface area contributed by atoms with E-state index < -0.39 is 0 Å². The van der Waals surface area contributed by atoms with E-state index in [9.17, 15) is 4.79 Å². The summed E-state index contributed by atoms with van der Waals surface area (Å²) in [7, 11) is 0. The van der Waals surface area contributed by atoms with E-state index in [1.807, 2.05) is 30.0 Å². The minimum absolute atomic E-state index is 0.172. The molecule has 2 aromatic heterocycles. The number of pyridine rings is 1. The Morgan fingerprint density at radius 2 is 2.00 bits per heavy atom. The van der Waals surface area contributed by atoms with E-state index >= 15 is 0 Å². The number of carbonyl (C=O) groups excluding carboxylic acids is 1. The molecule has 2 aliphatic rings. The number of aromatic nitrogens is 2. The van der Waals surface area contributed by atoms with Crippen LogP contribution in [0, 0.1) is 12.8 Å². The standard InChI is InChI=1S/C28H34N4O/c1-4-13-32-26-9-8-22(28(33)31-15-10-20(2)11-16-31)17-24(26)25-19-30(14-12-27(25)32)18-23-7-5-6-21(3)29-23/h4-9,17,20H,1,10-16,18-19H2,2-3H3. The van der Waals surface area contributed by atoms with Crippen molar-refractivity contribution in [1.82, 2.24) is 19.4 Å². The zero-order valence-corrected chi connectivity index (χ0v) is 19.9. The molecule has 0 aliphatic carbocycles. The zero-order valence-electron chi connectivity index (χ0n) is 19.9. The van der Waals surface area contributed by atoms with Crippen LogP contribution >= 0.6 is 0 Å². The molecule has 2 aliphatic heterocycles. The number of hydrogen-bond donors (Lipinski definition) is 0. The number of allylic oxidation sites excluding steroid dienone is 1. The van der Waals surface area contributed by atoms with E-state index in [0.717, 1.165) is 75.5 Å². The van der Waals surface area contributed by atoms with Gasteiger partial charge in [0.15, 0.2) is 0 Å². The highest BCUT2D eigenvalue weighted by atomic mass is 16.2. The lowest BCUT2D eigenvalue weighted by atomic mass is 9.98. The largest absolute Gasteiger partial charge is 0.340 e. The van der Waals surface area contributed by atoms with Crippen LogP contribution < -0.4 is 0 Å².